The Hall–Kier alpha value is -1.35. The van der Waals surface area contributed by atoms with Crippen molar-refractivity contribution in [1.29, 1.82) is 0 Å². The number of nitrogens with one attached hydrogen (secondary N) is 1. The van der Waals surface area contributed by atoms with Crippen LogP contribution < -0.4 is 5.32 Å². The maximum absolute atomic E-state index is 11.9. The Kier molecular flexibility index (Phi) is 5.86. The van der Waals surface area contributed by atoms with Gasteiger partial charge in [0.25, 0.3) is 0 Å². The number of amides is 1. The fraction of sp³-hybridized carbons (Fsp3) is 0.533. The molecule has 18 heavy (non-hydrogen) atoms. The molecule has 100 valence electrons. The summed E-state index contributed by atoms with van der Waals surface area (Å²) in [6.07, 6.45) is 0.348. The summed E-state index contributed by atoms with van der Waals surface area (Å²) >= 11 is 0. The molecule has 0 saturated heterocycles. The van der Waals surface area contributed by atoms with Crippen LogP contribution in [0.4, 0.5) is 0 Å². The summed E-state index contributed by atoms with van der Waals surface area (Å²) in [7, 11) is 1.62. The van der Waals surface area contributed by atoms with Gasteiger partial charge in [0.15, 0.2) is 0 Å². The van der Waals surface area contributed by atoms with Crippen molar-refractivity contribution in [3.05, 3.63) is 35.9 Å². The van der Waals surface area contributed by atoms with Crippen molar-refractivity contribution in [2.24, 2.45) is 5.92 Å². The highest BCUT2D eigenvalue weighted by atomic mass is 16.5. The summed E-state index contributed by atoms with van der Waals surface area (Å²) < 4.78 is 5.11. The van der Waals surface area contributed by atoms with Crippen LogP contribution in [0.5, 0.6) is 0 Å². The van der Waals surface area contributed by atoms with Gasteiger partial charge < -0.3 is 10.1 Å². The number of hydrogen-bond donors (Lipinski definition) is 1. The molecule has 2 unspecified atom stereocenters. The third-order valence-corrected chi connectivity index (χ3v) is 3.02. The molecule has 0 fully saturated rings. The maximum Gasteiger partial charge on any atom is 0.223 e. The smallest absolute Gasteiger partial charge is 0.223 e. The van der Waals surface area contributed by atoms with Crippen LogP contribution in [0.2, 0.25) is 0 Å². The van der Waals surface area contributed by atoms with Gasteiger partial charge in [-0.1, -0.05) is 44.2 Å². The van der Waals surface area contributed by atoms with E-state index in [0.717, 1.165) is 5.56 Å². The molecule has 0 radical (unpaired) electrons. The summed E-state index contributed by atoms with van der Waals surface area (Å²) in [5.41, 5.74) is 1.14. The van der Waals surface area contributed by atoms with Gasteiger partial charge in [-0.25, -0.2) is 0 Å². The highest BCUT2D eigenvalue weighted by Crippen LogP contribution is 2.21. The van der Waals surface area contributed by atoms with Crippen molar-refractivity contribution in [1.82, 2.24) is 5.32 Å². The minimum absolute atomic E-state index is 0.0342. The van der Waals surface area contributed by atoms with Gasteiger partial charge in [-0.3, -0.25) is 4.79 Å². The zero-order chi connectivity index (χ0) is 13.5. The van der Waals surface area contributed by atoms with E-state index in [-0.39, 0.29) is 18.1 Å². The van der Waals surface area contributed by atoms with Crippen LogP contribution in [0.15, 0.2) is 30.3 Å². The topological polar surface area (TPSA) is 38.3 Å². The number of rotatable bonds is 6. The van der Waals surface area contributed by atoms with Crippen LogP contribution in [-0.4, -0.2) is 19.1 Å². The van der Waals surface area contributed by atoms with E-state index < -0.39 is 0 Å². The molecule has 1 aromatic carbocycles. The Labute approximate surface area is 110 Å². The average Bonchev–Trinajstić information content (AvgIpc) is 2.36. The standard InChI is InChI=1S/C15H23NO2/c1-11(2)15(13-8-6-5-7-9-13)16-14(17)10-12(3)18-4/h5-9,11-12,15H,10H2,1-4H3,(H,16,17). The molecule has 0 saturated carbocycles. The fourth-order valence-electron chi connectivity index (χ4n) is 1.87. The number of carbonyl (C=O) groups excluding carboxylic acids is 1. The van der Waals surface area contributed by atoms with Gasteiger partial charge in [0, 0.05) is 7.11 Å². The molecular formula is C15H23NO2. The predicted molar refractivity (Wildman–Crippen MR) is 73.3 cm³/mol. The number of methoxy groups -OCH3 is 1. The van der Waals surface area contributed by atoms with Gasteiger partial charge in [-0.15, -0.1) is 0 Å². The summed E-state index contributed by atoms with van der Waals surface area (Å²) in [5.74, 6) is 0.390. The lowest BCUT2D eigenvalue weighted by molar-refractivity contribution is -0.124. The van der Waals surface area contributed by atoms with Gasteiger partial charge in [-0.05, 0) is 18.4 Å². The molecule has 0 spiro atoms. The third kappa shape index (κ3) is 4.49. The largest absolute Gasteiger partial charge is 0.381 e. The second kappa shape index (κ2) is 7.17. The molecule has 1 amide bonds. The monoisotopic (exact) mass is 249 g/mol. The van der Waals surface area contributed by atoms with Crippen molar-refractivity contribution in [3.63, 3.8) is 0 Å². The minimum Gasteiger partial charge on any atom is -0.381 e. The van der Waals surface area contributed by atoms with Gasteiger partial charge in [0.05, 0.1) is 18.6 Å². The fourth-order valence-corrected chi connectivity index (χ4v) is 1.87. The van der Waals surface area contributed by atoms with Gasteiger partial charge >= 0.3 is 0 Å². The molecular weight excluding hydrogens is 226 g/mol. The lowest BCUT2D eigenvalue weighted by Crippen LogP contribution is -2.33. The molecule has 1 rings (SSSR count). The second-order valence-electron chi connectivity index (χ2n) is 4.95. The van der Waals surface area contributed by atoms with Crippen LogP contribution in [0.3, 0.4) is 0 Å². The molecule has 0 aliphatic carbocycles. The summed E-state index contributed by atoms with van der Waals surface area (Å²) in [4.78, 5) is 11.9. The summed E-state index contributed by atoms with van der Waals surface area (Å²) in [5, 5.41) is 3.08. The first-order chi connectivity index (χ1) is 8.54. The molecule has 3 heteroatoms. The lowest BCUT2D eigenvalue weighted by atomic mass is 9.96. The van der Waals surface area contributed by atoms with Crippen molar-refractivity contribution in [2.75, 3.05) is 7.11 Å². The highest BCUT2D eigenvalue weighted by Gasteiger charge is 2.18. The maximum atomic E-state index is 11.9. The number of carbonyl (C=O) groups is 1. The molecule has 0 aliphatic heterocycles. The third-order valence-electron chi connectivity index (χ3n) is 3.02. The quantitative estimate of drug-likeness (QED) is 0.841. The molecule has 1 N–H and O–H groups in total. The van der Waals surface area contributed by atoms with E-state index in [4.69, 9.17) is 4.74 Å². The molecule has 0 bridgehead atoms. The molecule has 0 aliphatic rings. The van der Waals surface area contributed by atoms with Crippen molar-refractivity contribution in [3.8, 4) is 0 Å². The average molecular weight is 249 g/mol. The van der Waals surface area contributed by atoms with E-state index in [0.29, 0.717) is 12.3 Å². The first-order valence-electron chi connectivity index (χ1n) is 6.41. The first kappa shape index (κ1) is 14.7. The van der Waals surface area contributed by atoms with E-state index >= 15 is 0 Å². The normalized spacial score (nSPS) is 14.3. The molecule has 1 aromatic rings. The Morgan fingerprint density at radius 1 is 1.22 bits per heavy atom. The van der Waals surface area contributed by atoms with Gasteiger partial charge in [0.1, 0.15) is 0 Å². The SMILES string of the molecule is COC(C)CC(=O)NC(c1ccccc1)C(C)C. The van der Waals surface area contributed by atoms with Gasteiger partial charge in [-0.2, -0.15) is 0 Å². The van der Waals surface area contributed by atoms with E-state index in [9.17, 15) is 4.79 Å². The molecule has 0 aromatic heterocycles. The number of hydrogen-bond acceptors (Lipinski definition) is 2. The van der Waals surface area contributed by atoms with Crippen LogP contribution >= 0.6 is 0 Å². The Morgan fingerprint density at radius 2 is 1.83 bits per heavy atom. The summed E-state index contributed by atoms with van der Waals surface area (Å²) in [6.45, 7) is 6.11. The molecule has 2 atom stereocenters. The molecule has 0 heterocycles. The van der Waals surface area contributed by atoms with Crippen LogP contribution in [0.25, 0.3) is 0 Å². The van der Waals surface area contributed by atoms with Crippen molar-refractivity contribution < 1.29 is 9.53 Å². The summed E-state index contributed by atoms with van der Waals surface area (Å²) in [6, 6.07) is 10.1. The van der Waals surface area contributed by atoms with Crippen molar-refractivity contribution >= 4 is 5.91 Å². The Bertz CT molecular complexity index is 362. The Morgan fingerprint density at radius 3 is 2.33 bits per heavy atom. The van der Waals surface area contributed by atoms with E-state index in [1.165, 1.54) is 0 Å². The van der Waals surface area contributed by atoms with E-state index in [2.05, 4.69) is 19.2 Å². The number of benzene rings is 1. The van der Waals surface area contributed by atoms with Crippen LogP contribution in [-0.2, 0) is 9.53 Å². The van der Waals surface area contributed by atoms with Crippen LogP contribution in [0.1, 0.15) is 38.8 Å². The lowest BCUT2D eigenvalue weighted by Gasteiger charge is -2.23. The van der Waals surface area contributed by atoms with Crippen LogP contribution in [0, 0.1) is 5.92 Å². The van der Waals surface area contributed by atoms with Crippen molar-refractivity contribution in [2.45, 2.75) is 39.3 Å². The number of ether oxygens (including phenoxy) is 1. The first-order valence-corrected chi connectivity index (χ1v) is 6.41. The predicted octanol–water partition coefficient (Wildman–Crippen LogP) is 2.92. The second-order valence-corrected chi connectivity index (χ2v) is 4.95. The Balaban J connectivity index is 2.67. The zero-order valence-corrected chi connectivity index (χ0v) is 11.6. The zero-order valence-electron chi connectivity index (χ0n) is 11.6. The van der Waals surface area contributed by atoms with E-state index in [1.54, 1.807) is 7.11 Å². The van der Waals surface area contributed by atoms with E-state index in [1.807, 2.05) is 37.3 Å². The highest BCUT2D eigenvalue weighted by molar-refractivity contribution is 5.77. The molecule has 3 nitrogen and oxygen atoms in total. The van der Waals surface area contributed by atoms with Gasteiger partial charge in [0.2, 0.25) is 5.91 Å². The minimum atomic E-state index is -0.0476.